The number of carbonyl (C=O) groups excluding carboxylic acids is 2. The Morgan fingerprint density at radius 2 is 0.825 bits per heavy atom. The largest absolute Gasteiger partial charge is 0.489 e. The van der Waals surface area contributed by atoms with E-state index in [9.17, 15) is 29.4 Å². The van der Waals surface area contributed by atoms with Crippen molar-refractivity contribution in [3.8, 4) is 11.5 Å². The van der Waals surface area contributed by atoms with E-state index in [2.05, 4.69) is 0 Å². The molecule has 63 heavy (non-hydrogen) atoms. The van der Waals surface area contributed by atoms with Gasteiger partial charge in [0.25, 0.3) is 0 Å². The van der Waals surface area contributed by atoms with Gasteiger partial charge in [-0.3, -0.25) is 9.59 Å². The third-order valence-electron chi connectivity index (χ3n) is 10.0. The van der Waals surface area contributed by atoms with E-state index in [0.29, 0.717) is 111 Å². The minimum atomic E-state index is -1.21. The fourth-order valence-electron chi connectivity index (χ4n) is 6.96. The topological polar surface area (TPSA) is 234 Å². The van der Waals surface area contributed by atoms with E-state index in [1.165, 1.54) is 36.4 Å². The average Bonchev–Trinajstić information content (AvgIpc) is 3.72. The van der Waals surface area contributed by atoms with Gasteiger partial charge in [-0.25, -0.2) is 9.59 Å². The number of carbonyl (C=O) groups is 4. The van der Waals surface area contributed by atoms with E-state index in [0.717, 1.165) is 0 Å². The molecule has 332 valence electrons. The number of pyridine rings is 2. The van der Waals surface area contributed by atoms with Gasteiger partial charge < -0.3 is 63.6 Å². The van der Waals surface area contributed by atoms with E-state index in [1.54, 1.807) is 47.2 Å². The summed E-state index contributed by atoms with van der Waals surface area (Å²) >= 11 is 0. The lowest BCUT2D eigenvalue weighted by molar-refractivity contribution is -0.0141. The first-order valence-corrected chi connectivity index (χ1v) is 20.2. The Bertz CT molecular complexity index is 2410. The Hall–Kier alpha value is -6.76. The first-order chi connectivity index (χ1) is 30.5. The predicted octanol–water partition coefficient (Wildman–Crippen LogP) is 5.37. The molecule has 17 heteroatoms. The zero-order valence-corrected chi connectivity index (χ0v) is 35.0. The number of ketones is 2. The van der Waals surface area contributed by atoms with Crippen LogP contribution in [0.5, 0.6) is 11.5 Å². The zero-order valence-electron chi connectivity index (χ0n) is 35.0. The van der Waals surface area contributed by atoms with Crippen LogP contribution in [0.3, 0.4) is 0 Å². The molecule has 6 N–H and O–H groups in total. The van der Waals surface area contributed by atoms with Crippen molar-refractivity contribution >= 4 is 45.9 Å². The summed E-state index contributed by atoms with van der Waals surface area (Å²) < 4.78 is 43.6. The van der Waals surface area contributed by atoms with Crippen LogP contribution in [0.1, 0.15) is 63.9 Å². The first-order valence-electron chi connectivity index (χ1n) is 20.2. The second kappa shape index (κ2) is 21.9. The van der Waals surface area contributed by atoms with E-state index >= 15 is 0 Å². The second-order valence-corrected chi connectivity index (χ2v) is 14.1. The Morgan fingerprint density at radius 3 is 1.16 bits per heavy atom. The van der Waals surface area contributed by atoms with Crippen LogP contribution in [0.25, 0.3) is 11.0 Å². The molecule has 0 atom stereocenters. The number of rotatable bonds is 26. The minimum absolute atomic E-state index is 0.0765. The number of nitrogens with two attached hydrogens (primary N) is 2. The predicted molar refractivity (Wildman–Crippen MR) is 232 cm³/mol. The highest BCUT2D eigenvalue weighted by atomic mass is 16.6. The van der Waals surface area contributed by atoms with Crippen LogP contribution in [0, 0.1) is 13.8 Å². The Kier molecular flexibility index (Phi) is 15.9. The summed E-state index contributed by atoms with van der Waals surface area (Å²) in [6, 6.07) is 19.4. The van der Waals surface area contributed by atoms with Gasteiger partial charge in [0.15, 0.2) is 0 Å². The van der Waals surface area contributed by atoms with Gasteiger partial charge in [0.2, 0.25) is 11.6 Å². The molecule has 0 saturated heterocycles. The summed E-state index contributed by atoms with van der Waals surface area (Å²) in [5, 5.41) is 18.9. The summed E-state index contributed by atoms with van der Waals surface area (Å²) in [4.78, 5) is 50.3. The molecule has 2 aromatic carbocycles. The molecular formula is C46H50N4O13. The number of nitrogen functional groups attached to an aromatic ring is 2. The Balaban J connectivity index is 0.806. The van der Waals surface area contributed by atoms with Gasteiger partial charge in [0.1, 0.15) is 36.1 Å². The van der Waals surface area contributed by atoms with Gasteiger partial charge in [-0.15, -0.1) is 0 Å². The molecule has 0 aliphatic heterocycles. The number of anilines is 2. The summed E-state index contributed by atoms with van der Waals surface area (Å²) in [5.74, 6) is -2.07. The number of benzene rings is 2. The first kappa shape index (κ1) is 45.8. The molecule has 0 aliphatic carbocycles. The van der Waals surface area contributed by atoms with Crippen LogP contribution >= 0.6 is 0 Å². The summed E-state index contributed by atoms with van der Waals surface area (Å²) in [6.07, 6.45) is 3.51. The van der Waals surface area contributed by atoms with Crippen molar-refractivity contribution in [1.29, 1.82) is 0 Å². The Labute approximate surface area is 362 Å². The van der Waals surface area contributed by atoms with Crippen molar-refractivity contribution in [2.45, 2.75) is 13.8 Å². The zero-order chi connectivity index (χ0) is 44.9. The molecule has 4 aromatic heterocycles. The summed E-state index contributed by atoms with van der Waals surface area (Å²) in [7, 11) is 0. The number of ether oxygens (including phenoxy) is 7. The SMILES string of the molecule is Cc1c(OCCOCCOCCOCCOCCOCCOc2c(C)c(C(=O)c3ccc(N)c(C(=O)O)c3)n3ccccc23)c2ccccn2c1C(=O)c1ccc(N)c(C(=O)O)c1. The third kappa shape index (κ3) is 11.0. The van der Waals surface area contributed by atoms with Crippen molar-refractivity contribution in [3.05, 3.63) is 130 Å². The van der Waals surface area contributed by atoms with Crippen LogP contribution in [-0.4, -0.2) is 122 Å². The molecule has 0 amide bonds. The molecule has 0 unspecified atom stereocenters. The number of fused-ring (bicyclic) bond motifs is 2. The lowest BCUT2D eigenvalue weighted by atomic mass is 10.0. The minimum Gasteiger partial charge on any atom is -0.489 e. The number of carboxylic acid groups (broad SMARTS) is 2. The molecule has 6 rings (SSSR count). The molecule has 0 radical (unpaired) electrons. The molecule has 6 aromatic rings. The fraction of sp³-hybridized carbons (Fsp3) is 0.304. The van der Waals surface area contributed by atoms with Crippen LogP contribution in [0.2, 0.25) is 0 Å². The number of carboxylic acids is 2. The van der Waals surface area contributed by atoms with Gasteiger partial charge in [-0.05, 0) is 74.5 Å². The van der Waals surface area contributed by atoms with Gasteiger partial charge in [-0.2, -0.15) is 0 Å². The monoisotopic (exact) mass is 866 g/mol. The maximum Gasteiger partial charge on any atom is 0.337 e. The van der Waals surface area contributed by atoms with Crippen molar-refractivity contribution in [2.24, 2.45) is 0 Å². The van der Waals surface area contributed by atoms with Gasteiger partial charge in [0.05, 0.1) is 88.2 Å². The molecule has 0 spiro atoms. The van der Waals surface area contributed by atoms with E-state index in [4.69, 9.17) is 44.6 Å². The highest BCUT2D eigenvalue weighted by molar-refractivity contribution is 6.13. The van der Waals surface area contributed by atoms with Crippen LogP contribution < -0.4 is 20.9 Å². The fourth-order valence-corrected chi connectivity index (χ4v) is 6.96. The number of hydrogen-bond donors (Lipinski definition) is 4. The van der Waals surface area contributed by atoms with E-state index < -0.39 is 11.9 Å². The average molecular weight is 867 g/mol. The highest BCUT2D eigenvalue weighted by Crippen LogP contribution is 2.34. The third-order valence-corrected chi connectivity index (χ3v) is 10.0. The van der Waals surface area contributed by atoms with Crippen LogP contribution in [-0.2, 0) is 23.7 Å². The molecule has 0 fully saturated rings. The van der Waals surface area contributed by atoms with Crippen LogP contribution in [0.4, 0.5) is 11.4 Å². The quantitative estimate of drug-likeness (QED) is 0.0305. The number of hydrogen-bond acceptors (Lipinski definition) is 13. The standard InChI is InChI=1S/C46H50N4O13/c1-29-39(41(51)31-9-11-35(47)33(27-31)45(53)54)49-13-5-3-7-37(49)43(29)62-25-23-60-21-19-58-17-15-57-16-18-59-20-22-61-24-26-63-44-30(2)40(50-14-6-4-8-38(44)50)42(52)32-10-12-36(48)34(28-32)46(55)56/h3-14,27-28H,15-26,47-48H2,1-2H3,(H,53,54)(H,55,56). The Morgan fingerprint density at radius 1 is 0.492 bits per heavy atom. The molecular weight excluding hydrogens is 817 g/mol. The molecule has 0 bridgehead atoms. The van der Waals surface area contributed by atoms with Crippen molar-refractivity contribution in [1.82, 2.24) is 8.80 Å². The second-order valence-electron chi connectivity index (χ2n) is 14.1. The van der Waals surface area contributed by atoms with Crippen LogP contribution in [0.15, 0.2) is 85.2 Å². The maximum atomic E-state index is 13.6. The highest BCUT2D eigenvalue weighted by Gasteiger charge is 2.25. The lowest BCUT2D eigenvalue weighted by Crippen LogP contribution is -2.15. The van der Waals surface area contributed by atoms with Gasteiger partial charge in [-0.1, -0.05) is 12.1 Å². The van der Waals surface area contributed by atoms with Crippen molar-refractivity contribution in [2.75, 3.05) is 90.7 Å². The van der Waals surface area contributed by atoms with Crippen molar-refractivity contribution in [3.63, 3.8) is 0 Å². The van der Waals surface area contributed by atoms with Crippen molar-refractivity contribution < 1.29 is 62.5 Å². The maximum absolute atomic E-state index is 13.6. The molecule has 4 heterocycles. The number of nitrogens with zero attached hydrogens (tertiary/aromatic N) is 2. The summed E-state index contributed by atoms with van der Waals surface area (Å²) in [6.45, 7) is 7.61. The smallest absolute Gasteiger partial charge is 0.337 e. The molecule has 0 saturated carbocycles. The molecule has 17 nitrogen and oxygen atoms in total. The summed E-state index contributed by atoms with van der Waals surface area (Å²) in [5.41, 5.74) is 15.2. The van der Waals surface area contributed by atoms with Gasteiger partial charge in [0, 0.05) is 46.0 Å². The number of aromatic nitrogens is 2. The lowest BCUT2D eigenvalue weighted by Gasteiger charge is -2.09. The normalized spacial score (nSPS) is 11.3. The number of aromatic carboxylic acids is 2. The van der Waals surface area contributed by atoms with E-state index in [-0.39, 0.29) is 58.4 Å². The van der Waals surface area contributed by atoms with E-state index in [1.807, 2.05) is 24.3 Å². The molecule has 0 aliphatic rings. The van der Waals surface area contributed by atoms with Gasteiger partial charge >= 0.3 is 11.9 Å².